The average molecular weight is 597 g/mol. The summed E-state index contributed by atoms with van der Waals surface area (Å²) in [6, 6.07) is 3.47. The lowest BCUT2D eigenvalue weighted by atomic mass is 9.97. The highest BCUT2D eigenvalue weighted by atomic mass is 16.5. The Morgan fingerprint density at radius 2 is 1.45 bits per heavy atom. The summed E-state index contributed by atoms with van der Waals surface area (Å²) >= 11 is 0. The lowest BCUT2D eigenvalue weighted by Crippen LogP contribution is -2.60. The molecular formula is C28H44N4O10. The minimum absolute atomic E-state index is 0.0624. The highest BCUT2D eigenvalue weighted by Crippen LogP contribution is 2.18. The van der Waals surface area contributed by atoms with E-state index in [1.165, 1.54) is 0 Å². The second-order valence-corrected chi connectivity index (χ2v) is 10.9. The number of benzene rings is 1. The molecule has 14 heteroatoms. The van der Waals surface area contributed by atoms with Crippen LogP contribution in [0.5, 0.6) is 0 Å². The average Bonchev–Trinajstić information content (AvgIpc) is 2.92. The first kappa shape index (κ1) is 36.4. The number of nitrogens with one attached hydrogen (secondary N) is 3. The fourth-order valence-electron chi connectivity index (χ4n) is 3.94. The molecule has 1 rings (SSSR count). The standard InChI is InChI=1S/C28H44N4O10/c1-14(2)11-19(31-27(40)22(29)15(3)4)26(39)32-20(13-42-16(5)33)23(36)24(37)25(38)28(41)30-18(12-21(34)35)17-9-7-6-8-10-17/h6-10,14-15,18-20,22-25,36-38H,11-13,29H2,1-5H3,(H,30,41)(H,31,40)(H,32,39)(H,34,35)/t18-,19-,20+,22-,23+,24+,25-/m0/s1. The first-order valence-electron chi connectivity index (χ1n) is 13.7. The molecule has 0 fully saturated rings. The molecule has 0 saturated carbocycles. The van der Waals surface area contributed by atoms with Crippen molar-refractivity contribution in [1.29, 1.82) is 0 Å². The summed E-state index contributed by atoms with van der Waals surface area (Å²) in [6.45, 7) is 7.52. The maximum Gasteiger partial charge on any atom is 0.305 e. The van der Waals surface area contributed by atoms with Gasteiger partial charge in [-0.2, -0.15) is 0 Å². The van der Waals surface area contributed by atoms with Crippen molar-refractivity contribution in [3.8, 4) is 0 Å². The third-order valence-electron chi connectivity index (χ3n) is 6.41. The molecule has 0 aliphatic carbocycles. The molecule has 0 heterocycles. The minimum atomic E-state index is -2.27. The van der Waals surface area contributed by atoms with Crippen LogP contribution in [0.15, 0.2) is 30.3 Å². The summed E-state index contributed by atoms with van der Waals surface area (Å²) in [7, 11) is 0. The molecule has 236 valence electrons. The van der Waals surface area contributed by atoms with E-state index in [0.717, 1.165) is 6.92 Å². The number of hydrogen-bond acceptors (Lipinski definition) is 10. The Hall–Kier alpha value is -3.59. The second kappa shape index (κ2) is 17.4. The van der Waals surface area contributed by atoms with E-state index in [4.69, 9.17) is 10.5 Å². The van der Waals surface area contributed by atoms with Crippen LogP contribution in [0.2, 0.25) is 0 Å². The SMILES string of the molecule is CC(=O)OC[C@@H](NC(=O)[C@H](CC(C)C)NC(=O)[C@@H](N)C(C)C)[C@@H](O)[C@@H](O)[C@H](O)C(=O)N[C@@H](CC(=O)O)c1ccccc1. The Bertz CT molecular complexity index is 1050. The molecule has 14 nitrogen and oxygen atoms in total. The summed E-state index contributed by atoms with van der Waals surface area (Å²) in [5.74, 6) is -4.85. The lowest BCUT2D eigenvalue weighted by Gasteiger charge is -2.31. The number of aliphatic carboxylic acids is 1. The molecule has 0 radical (unpaired) electrons. The van der Waals surface area contributed by atoms with Crippen LogP contribution in [0.4, 0.5) is 0 Å². The number of esters is 1. The zero-order valence-corrected chi connectivity index (χ0v) is 24.5. The topological polar surface area (TPSA) is 238 Å². The smallest absolute Gasteiger partial charge is 0.305 e. The molecule has 7 atom stereocenters. The van der Waals surface area contributed by atoms with Gasteiger partial charge in [-0.25, -0.2) is 0 Å². The number of ether oxygens (including phenoxy) is 1. The number of carboxylic acid groups (broad SMARTS) is 1. The van der Waals surface area contributed by atoms with Gasteiger partial charge >= 0.3 is 11.9 Å². The van der Waals surface area contributed by atoms with Crippen LogP contribution >= 0.6 is 0 Å². The van der Waals surface area contributed by atoms with Crippen molar-refractivity contribution in [2.24, 2.45) is 17.6 Å². The van der Waals surface area contributed by atoms with Crippen molar-refractivity contribution in [2.75, 3.05) is 6.61 Å². The van der Waals surface area contributed by atoms with Crippen LogP contribution < -0.4 is 21.7 Å². The number of aliphatic hydroxyl groups excluding tert-OH is 3. The van der Waals surface area contributed by atoms with E-state index >= 15 is 0 Å². The molecule has 0 aromatic heterocycles. The fourth-order valence-corrected chi connectivity index (χ4v) is 3.94. The van der Waals surface area contributed by atoms with E-state index in [-0.39, 0.29) is 18.3 Å². The van der Waals surface area contributed by atoms with Crippen LogP contribution in [-0.2, 0) is 28.7 Å². The van der Waals surface area contributed by atoms with Crippen molar-refractivity contribution in [3.63, 3.8) is 0 Å². The van der Waals surface area contributed by atoms with Crippen LogP contribution in [0.3, 0.4) is 0 Å². The third kappa shape index (κ3) is 12.1. The van der Waals surface area contributed by atoms with E-state index in [2.05, 4.69) is 16.0 Å². The molecule has 0 aliphatic heterocycles. The molecule has 0 bridgehead atoms. The Balaban J connectivity index is 3.12. The van der Waals surface area contributed by atoms with E-state index in [1.54, 1.807) is 44.2 Å². The van der Waals surface area contributed by atoms with Gasteiger partial charge in [0.25, 0.3) is 5.91 Å². The van der Waals surface area contributed by atoms with Gasteiger partial charge in [-0.05, 0) is 23.8 Å². The Kier molecular flexibility index (Phi) is 15.1. The number of carboxylic acids is 1. The molecule has 3 amide bonds. The van der Waals surface area contributed by atoms with Crippen molar-refractivity contribution < 1.29 is 49.1 Å². The van der Waals surface area contributed by atoms with Crippen LogP contribution in [0, 0.1) is 11.8 Å². The summed E-state index contributed by atoms with van der Waals surface area (Å²) < 4.78 is 4.91. The summed E-state index contributed by atoms with van der Waals surface area (Å²) in [5.41, 5.74) is 6.32. The normalized spacial score (nSPS) is 16.4. The summed E-state index contributed by atoms with van der Waals surface area (Å²) in [4.78, 5) is 61.3. The number of carbonyl (C=O) groups excluding carboxylic acids is 4. The van der Waals surface area contributed by atoms with Gasteiger partial charge in [0.1, 0.15) is 24.9 Å². The molecule has 0 aliphatic rings. The van der Waals surface area contributed by atoms with E-state index < -0.39 is 85.2 Å². The molecule has 9 N–H and O–H groups in total. The first-order chi connectivity index (χ1) is 19.5. The zero-order valence-electron chi connectivity index (χ0n) is 24.5. The highest BCUT2D eigenvalue weighted by molar-refractivity contribution is 5.90. The fraction of sp³-hybridized carbons (Fsp3) is 0.607. The quantitative estimate of drug-likeness (QED) is 0.101. The van der Waals surface area contributed by atoms with Crippen LogP contribution in [0.1, 0.15) is 59.1 Å². The van der Waals surface area contributed by atoms with Crippen molar-refractivity contribution in [1.82, 2.24) is 16.0 Å². The third-order valence-corrected chi connectivity index (χ3v) is 6.41. The predicted molar refractivity (Wildman–Crippen MR) is 150 cm³/mol. The molecule has 42 heavy (non-hydrogen) atoms. The summed E-state index contributed by atoms with van der Waals surface area (Å²) in [6.07, 6.45) is -6.88. The Morgan fingerprint density at radius 1 is 0.857 bits per heavy atom. The van der Waals surface area contributed by atoms with Gasteiger partial charge in [0.2, 0.25) is 11.8 Å². The largest absolute Gasteiger partial charge is 0.481 e. The highest BCUT2D eigenvalue weighted by Gasteiger charge is 2.38. The minimum Gasteiger partial charge on any atom is -0.481 e. The van der Waals surface area contributed by atoms with E-state index in [9.17, 15) is 44.4 Å². The van der Waals surface area contributed by atoms with E-state index in [1.807, 2.05) is 13.8 Å². The number of amides is 3. The van der Waals surface area contributed by atoms with Gasteiger partial charge in [0, 0.05) is 6.92 Å². The maximum atomic E-state index is 13.2. The molecule has 0 saturated heterocycles. The van der Waals surface area contributed by atoms with Gasteiger partial charge in [-0.1, -0.05) is 58.0 Å². The van der Waals surface area contributed by atoms with Gasteiger partial charge in [0.15, 0.2) is 6.10 Å². The molecule has 1 aromatic rings. The zero-order chi connectivity index (χ0) is 32.1. The van der Waals surface area contributed by atoms with Gasteiger partial charge in [-0.3, -0.25) is 24.0 Å². The van der Waals surface area contributed by atoms with Crippen molar-refractivity contribution >= 4 is 29.7 Å². The lowest BCUT2D eigenvalue weighted by molar-refractivity contribution is -0.151. The molecular weight excluding hydrogens is 552 g/mol. The van der Waals surface area contributed by atoms with Gasteiger partial charge < -0.3 is 46.8 Å². The second-order valence-electron chi connectivity index (χ2n) is 10.9. The van der Waals surface area contributed by atoms with Crippen LogP contribution in [-0.4, -0.2) is 93.1 Å². The van der Waals surface area contributed by atoms with Gasteiger partial charge in [-0.15, -0.1) is 0 Å². The van der Waals surface area contributed by atoms with Crippen molar-refractivity contribution in [2.45, 2.75) is 89.9 Å². The Morgan fingerprint density at radius 3 is 1.95 bits per heavy atom. The molecule has 0 spiro atoms. The monoisotopic (exact) mass is 596 g/mol. The summed E-state index contributed by atoms with van der Waals surface area (Å²) in [5, 5.41) is 48.7. The predicted octanol–water partition coefficient (Wildman–Crippen LogP) is -1.04. The van der Waals surface area contributed by atoms with Gasteiger partial charge in [0.05, 0.1) is 24.5 Å². The number of aliphatic hydroxyl groups is 3. The number of nitrogens with two attached hydrogens (primary N) is 1. The number of rotatable bonds is 17. The van der Waals surface area contributed by atoms with E-state index in [0.29, 0.717) is 5.56 Å². The maximum absolute atomic E-state index is 13.2. The molecule has 0 unspecified atom stereocenters. The Labute approximate surface area is 245 Å². The number of carbonyl (C=O) groups is 5. The van der Waals surface area contributed by atoms with Crippen molar-refractivity contribution in [3.05, 3.63) is 35.9 Å². The van der Waals surface area contributed by atoms with Crippen LogP contribution in [0.25, 0.3) is 0 Å². The number of hydrogen-bond donors (Lipinski definition) is 8. The first-order valence-corrected chi connectivity index (χ1v) is 13.7. The molecule has 1 aromatic carbocycles.